The van der Waals surface area contributed by atoms with E-state index in [1.54, 1.807) is 13.0 Å². The summed E-state index contributed by atoms with van der Waals surface area (Å²) >= 11 is 5.41. The Morgan fingerprint density at radius 2 is 2.22 bits per heavy atom. The number of halogens is 1. The van der Waals surface area contributed by atoms with Gasteiger partial charge in [0, 0.05) is 11.8 Å². The molecule has 1 aromatic rings. The molecule has 0 aliphatic heterocycles. The molecule has 1 rings (SSSR count). The molecule has 0 saturated heterocycles. The van der Waals surface area contributed by atoms with Crippen LogP contribution in [-0.2, 0) is 0 Å². The van der Waals surface area contributed by atoms with E-state index in [-0.39, 0.29) is 11.1 Å². The van der Waals surface area contributed by atoms with E-state index >= 15 is 0 Å². The maximum atomic E-state index is 7.04. The Labute approximate surface area is 57.9 Å². The highest BCUT2D eigenvalue weighted by Gasteiger charge is 1.93. The number of aromatic nitrogens is 2. The third kappa shape index (κ3) is 1.54. The van der Waals surface area contributed by atoms with Gasteiger partial charge in [-0.05, 0) is 18.5 Å². The largest absolute Gasteiger partial charge is 0.283 e. The van der Waals surface area contributed by atoms with Gasteiger partial charge in [-0.2, -0.15) is 4.98 Å². The molecule has 0 atom stereocenters. The van der Waals surface area contributed by atoms with E-state index in [0.717, 1.165) is 5.69 Å². The van der Waals surface area contributed by atoms with Crippen LogP contribution in [0, 0.1) is 6.92 Å². The maximum Gasteiger partial charge on any atom is 0.224 e. The van der Waals surface area contributed by atoms with Crippen molar-refractivity contribution < 1.29 is 0 Å². The van der Waals surface area contributed by atoms with Gasteiger partial charge in [0.05, 0.1) is 0 Å². The summed E-state index contributed by atoms with van der Waals surface area (Å²) in [6.07, 6.45) is 0. The topological polar surface area (TPSA) is 49.6 Å². The Kier molecular flexibility index (Phi) is 1.53. The van der Waals surface area contributed by atoms with Crippen LogP contribution in [0.25, 0.3) is 0 Å². The summed E-state index contributed by atoms with van der Waals surface area (Å²) in [6.45, 7) is 1.77. The van der Waals surface area contributed by atoms with Crippen LogP contribution in [0.1, 0.15) is 5.69 Å². The number of hydrogen-bond donors (Lipinski definition) is 0. The molecule has 47 valence electrons. The van der Waals surface area contributed by atoms with Crippen molar-refractivity contribution in [1.29, 1.82) is 0 Å². The zero-order valence-electron chi connectivity index (χ0n) is 4.85. The second kappa shape index (κ2) is 2.19. The van der Waals surface area contributed by atoms with Crippen molar-refractivity contribution in [3.05, 3.63) is 17.0 Å². The van der Waals surface area contributed by atoms with Gasteiger partial charge in [0.1, 0.15) is 5.82 Å². The van der Waals surface area contributed by atoms with Gasteiger partial charge >= 0.3 is 0 Å². The van der Waals surface area contributed by atoms with E-state index in [1.165, 1.54) is 0 Å². The van der Waals surface area contributed by atoms with E-state index in [9.17, 15) is 0 Å². The van der Waals surface area contributed by atoms with Crippen LogP contribution >= 0.6 is 11.6 Å². The first kappa shape index (κ1) is 6.29. The molecule has 0 bridgehead atoms. The summed E-state index contributed by atoms with van der Waals surface area (Å²) in [4.78, 5) is 7.32. The van der Waals surface area contributed by atoms with Gasteiger partial charge in [-0.25, -0.2) is 4.98 Å². The quantitative estimate of drug-likeness (QED) is 0.514. The van der Waals surface area contributed by atoms with Gasteiger partial charge in [0.2, 0.25) is 5.28 Å². The molecule has 4 heteroatoms. The number of nitrogens with zero attached hydrogens (tertiary/aromatic N) is 2. The Hall–Kier alpha value is -0.830. The second-order valence-corrected chi connectivity index (χ2v) is 2.00. The van der Waals surface area contributed by atoms with Gasteiger partial charge < -0.3 is 0 Å². The van der Waals surface area contributed by atoms with Gasteiger partial charge in [0.25, 0.3) is 0 Å². The van der Waals surface area contributed by atoms with Crippen molar-refractivity contribution in [2.75, 3.05) is 0 Å². The lowest BCUT2D eigenvalue weighted by molar-refractivity contribution is 1.09. The minimum absolute atomic E-state index is 0.139. The molecule has 0 unspecified atom stereocenters. The Balaban J connectivity index is 3.17. The van der Waals surface area contributed by atoms with Gasteiger partial charge in [-0.15, -0.1) is 0 Å². The molecule has 9 heavy (non-hydrogen) atoms. The molecule has 0 aliphatic rings. The molecule has 0 fully saturated rings. The maximum absolute atomic E-state index is 7.04. The first-order valence-corrected chi connectivity index (χ1v) is 2.79. The smallest absolute Gasteiger partial charge is 0.224 e. The van der Waals surface area contributed by atoms with Crippen LogP contribution in [0.3, 0.4) is 0 Å². The first-order valence-electron chi connectivity index (χ1n) is 2.41. The molecule has 0 aromatic carbocycles. The number of hydrogen-bond acceptors (Lipinski definition) is 2. The Morgan fingerprint density at radius 3 is 2.67 bits per heavy atom. The SMILES string of the molecule is Cc1cc([NH])nc(Cl)n1. The van der Waals surface area contributed by atoms with E-state index in [0.29, 0.717) is 0 Å². The second-order valence-electron chi connectivity index (χ2n) is 1.66. The molecule has 1 N–H and O–H groups in total. The monoisotopic (exact) mass is 142 g/mol. The molecular formula is C5H5ClN3. The Bertz CT molecular complexity index is 173. The predicted molar refractivity (Wildman–Crippen MR) is 34.5 cm³/mol. The molecule has 1 heterocycles. The van der Waals surface area contributed by atoms with Crippen LogP contribution < -0.4 is 5.73 Å². The third-order valence-corrected chi connectivity index (χ3v) is 0.996. The predicted octanol–water partition coefficient (Wildman–Crippen LogP) is 1.35. The van der Waals surface area contributed by atoms with Crippen LogP contribution in [0.2, 0.25) is 5.28 Å². The molecular weight excluding hydrogens is 138 g/mol. The van der Waals surface area contributed by atoms with Gasteiger partial charge in [0.15, 0.2) is 0 Å². The summed E-state index contributed by atoms with van der Waals surface area (Å²) in [7, 11) is 0. The van der Waals surface area contributed by atoms with Crippen molar-refractivity contribution >= 4 is 17.4 Å². The molecule has 0 aliphatic carbocycles. The standard InChI is InChI=1S/C5H5ClN3/c1-3-2-4(7)9-5(6)8-3/h2,7H,1H3. The lowest BCUT2D eigenvalue weighted by Crippen LogP contribution is -1.86. The molecule has 1 aromatic heterocycles. The normalized spacial score (nSPS) is 9.56. The number of aryl methyl sites for hydroxylation is 1. The molecule has 1 radical (unpaired) electrons. The molecule has 0 spiro atoms. The van der Waals surface area contributed by atoms with Crippen molar-refractivity contribution in [3.8, 4) is 0 Å². The van der Waals surface area contributed by atoms with Crippen molar-refractivity contribution in [1.82, 2.24) is 15.7 Å². The number of nitrogens with one attached hydrogen (secondary N) is 1. The Morgan fingerprint density at radius 1 is 1.56 bits per heavy atom. The van der Waals surface area contributed by atoms with Crippen molar-refractivity contribution in [2.45, 2.75) is 6.92 Å². The summed E-state index contributed by atoms with van der Waals surface area (Å²) in [5.41, 5.74) is 7.76. The zero-order valence-corrected chi connectivity index (χ0v) is 5.61. The van der Waals surface area contributed by atoms with Crippen LogP contribution in [-0.4, -0.2) is 9.97 Å². The fourth-order valence-electron chi connectivity index (χ4n) is 0.532. The lowest BCUT2D eigenvalue weighted by atomic mass is 10.4. The van der Waals surface area contributed by atoms with E-state index in [4.69, 9.17) is 17.3 Å². The van der Waals surface area contributed by atoms with E-state index in [2.05, 4.69) is 9.97 Å². The van der Waals surface area contributed by atoms with Crippen LogP contribution in [0.4, 0.5) is 5.82 Å². The fraction of sp³-hybridized carbons (Fsp3) is 0.200. The van der Waals surface area contributed by atoms with Crippen LogP contribution in [0.5, 0.6) is 0 Å². The highest BCUT2D eigenvalue weighted by molar-refractivity contribution is 6.28. The third-order valence-electron chi connectivity index (χ3n) is 0.827. The summed E-state index contributed by atoms with van der Waals surface area (Å²) < 4.78 is 0. The average molecular weight is 143 g/mol. The van der Waals surface area contributed by atoms with Crippen molar-refractivity contribution in [3.63, 3.8) is 0 Å². The minimum Gasteiger partial charge on any atom is -0.283 e. The summed E-state index contributed by atoms with van der Waals surface area (Å²) in [5, 5.41) is 0.139. The highest BCUT2D eigenvalue weighted by atomic mass is 35.5. The first-order chi connectivity index (χ1) is 4.18. The summed E-state index contributed by atoms with van der Waals surface area (Å²) in [5.74, 6) is 0.160. The van der Waals surface area contributed by atoms with E-state index < -0.39 is 0 Å². The average Bonchev–Trinajstić information content (AvgIpc) is 1.59. The molecule has 0 saturated carbocycles. The minimum atomic E-state index is 0.139. The van der Waals surface area contributed by atoms with Gasteiger partial charge in [-0.1, -0.05) is 0 Å². The van der Waals surface area contributed by atoms with E-state index in [1.807, 2.05) is 0 Å². The van der Waals surface area contributed by atoms with Crippen molar-refractivity contribution in [2.24, 2.45) is 0 Å². The number of rotatable bonds is 0. The zero-order chi connectivity index (χ0) is 6.85. The fourth-order valence-corrected chi connectivity index (χ4v) is 0.757. The summed E-state index contributed by atoms with van der Waals surface area (Å²) in [6, 6.07) is 1.55. The molecule has 0 amide bonds. The lowest BCUT2D eigenvalue weighted by Gasteiger charge is -1.92. The van der Waals surface area contributed by atoms with Crippen LogP contribution in [0.15, 0.2) is 6.07 Å². The molecule has 3 nitrogen and oxygen atoms in total. The highest BCUT2D eigenvalue weighted by Crippen LogP contribution is 2.06. The van der Waals surface area contributed by atoms with Gasteiger partial charge in [-0.3, -0.25) is 5.73 Å².